The molecule has 0 unspecified atom stereocenters. The van der Waals surface area contributed by atoms with Gasteiger partial charge in [0.1, 0.15) is 0 Å². The summed E-state index contributed by atoms with van der Waals surface area (Å²) in [7, 11) is 0. The van der Waals surface area contributed by atoms with Crippen molar-refractivity contribution in [2.24, 2.45) is 0 Å². The van der Waals surface area contributed by atoms with Crippen molar-refractivity contribution in [3.05, 3.63) is 46.0 Å². The molecule has 2 aromatic rings. The first-order valence-electron chi connectivity index (χ1n) is 7.28. The summed E-state index contributed by atoms with van der Waals surface area (Å²) in [6, 6.07) is 7.97. The quantitative estimate of drug-likeness (QED) is 0.693. The highest BCUT2D eigenvalue weighted by Gasteiger charge is 2.23. The fourth-order valence-corrected chi connectivity index (χ4v) is 3.11. The number of hydrogen-bond acceptors (Lipinski definition) is 4. The summed E-state index contributed by atoms with van der Waals surface area (Å²) in [6.07, 6.45) is 3.34. The Morgan fingerprint density at radius 1 is 1.14 bits per heavy atom. The average molecular weight is 300 g/mol. The third kappa shape index (κ3) is 2.36. The Morgan fingerprint density at radius 2 is 1.86 bits per heavy atom. The number of anilines is 1. The van der Waals surface area contributed by atoms with Crippen LogP contribution >= 0.6 is 0 Å². The normalized spacial score (nSPS) is 15.0. The summed E-state index contributed by atoms with van der Waals surface area (Å²) in [6.45, 7) is 1.79. The zero-order valence-corrected chi connectivity index (χ0v) is 12.0. The molecule has 1 aliphatic rings. The van der Waals surface area contributed by atoms with Crippen molar-refractivity contribution in [3.8, 4) is 0 Å². The van der Waals surface area contributed by atoms with Gasteiger partial charge in [0.15, 0.2) is 0 Å². The van der Waals surface area contributed by atoms with Gasteiger partial charge >= 0.3 is 5.97 Å². The molecule has 1 N–H and O–H groups in total. The van der Waals surface area contributed by atoms with Gasteiger partial charge in [0, 0.05) is 30.2 Å². The van der Waals surface area contributed by atoms with E-state index in [1.807, 2.05) is 0 Å². The molecule has 22 heavy (non-hydrogen) atoms. The van der Waals surface area contributed by atoms with E-state index < -0.39 is 10.9 Å². The monoisotopic (exact) mass is 300 g/mol. The van der Waals surface area contributed by atoms with Crippen LogP contribution in [0.5, 0.6) is 0 Å². The van der Waals surface area contributed by atoms with Crippen LogP contribution in [0.4, 0.5) is 11.4 Å². The second kappa shape index (κ2) is 5.63. The Morgan fingerprint density at radius 3 is 2.50 bits per heavy atom. The fraction of sp³-hybridized carbons (Fsp3) is 0.312. The van der Waals surface area contributed by atoms with E-state index in [1.54, 1.807) is 18.2 Å². The predicted molar refractivity (Wildman–Crippen MR) is 83.6 cm³/mol. The molecule has 1 aliphatic heterocycles. The van der Waals surface area contributed by atoms with E-state index in [1.165, 1.54) is 18.6 Å². The van der Waals surface area contributed by atoms with Crippen LogP contribution in [0.15, 0.2) is 30.3 Å². The minimum absolute atomic E-state index is 0.0249. The van der Waals surface area contributed by atoms with Crippen molar-refractivity contribution in [1.82, 2.24) is 0 Å². The Labute approximate surface area is 127 Å². The highest BCUT2D eigenvalue weighted by atomic mass is 16.6. The van der Waals surface area contributed by atoms with E-state index in [9.17, 15) is 20.0 Å². The van der Waals surface area contributed by atoms with Crippen LogP contribution in [-0.4, -0.2) is 29.1 Å². The minimum Gasteiger partial charge on any atom is -0.478 e. The molecule has 3 rings (SSSR count). The third-order valence-corrected chi connectivity index (χ3v) is 4.12. The van der Waals surface area contributed by atoms with Crippen LogP contribution in [-0.2, 0) is 0 Å². The minimum atomic E-state index is -1.15. The molecule has 0 spiro atoms. The molecule has 0 amide bonds. The molecule has 0 bridgehead atoms. The van der Waals surface area contributed by atoms with Crippen molar-refractivity contribution >= 4 is 28.1 Å². The van der Waals surface area contributed by atoms with E-state index >= 15 is 0 Å². The van der Waals surface area contributed by atoms with Gasteiger partial charge < -0.3 is 10.0 Å². The van der Waals surface area contributed by atoms with E-state index in [0.717, 1.165) is 31.6 Å². The maximum atomic E-state index is 11.4. The number of carbonyl (C=O) groups is 1. The number of nitro benzene ring substituents is 1. The molecule has 6 nitrogen and oxygen atoms in total. The number of piperidine rings is 1. The van der Waals surface area contributed by atoms with E-state index in [0.29, 0.717) is 5.39 Å². The number of benzene rings is 2. The van der Waals surface area contributed by atoms with Crippen molar-refractivity contribution in [2.75, 3.05) is 18.0 Å². The van der Waals surface area contributed by atoms with Gasteiger partial charge in [-0.2, -0.15) is 0 Å². The molecule has 1 fully saturated rings. The summed E-state index contributed by atoms with van der Waals surface area (Å²) >= 11 is 0. The number of nitrogens with zero attached hydrogens (tertiary/aromatic N) is 2. The SMILES string of the molecule is O=C(O)c1cccc2c(N3CCCCC3)ccc([N+](=O)[O-])c12. The summed E-state index contributed by atoms with van der Waals surface area (Å²) in [5.74, 6) is -1.15. The van der Waals surface area contributed by atoms with Crippen LogP contribution < -0.4 is 4.90 Å². The van der Waals surface area contributed by atoms with E-state index in [-0.39, 0.29) is 16.6 Å². The largest absolute Gasteiger partial charge is 0.478 e. The lowest BCUT2D eigenvalue weighted by molar-refractivity contribution is -0.383. The number of fused-ring (bicyclic) bond motifs is 1. The summed E-state index contributed by atoms with van der Waals surface area (Å²) in [5.41, 5.74) is 0.695. The van der Waals surface area contributed by atoms with Crippen LogP contribution in [0.1, 0.15) is 29.6 Å². The fourth-order valence-electron chi connectivity index (χ4n) is 3.11. The average Bonchev–Trinajstić information content (AvgIpc) is 2.53. The van der Waals surface area contributed by atoms with E-state index in [4.69, 9.17) is 0 Å². The highest BCUT2D eigenvalue weighted by Crippen LogP contribution is 2.36. The van der Waals surface area contributed by atoms with Gasteiger partial charge in [-0.05, 0) is 31.4 Å². The lowest BCUT2D eigenvalue weighted by atomic mass is 9.99. The molecule has 1 heterocycles. The molecule has 6 heteroatoms. The number of hydrogen-bond donors (Lipinski definition) is 1. The predicted octanol–water partition coefficient (Wildman–Crippen LogP) is 3.44. The Hall–Kier alpha value is -2.63. The maximum Gasteiger partial charge on any atom is 0.336 e. The van der Waals surface area contributed by atoms with Crippen LogP contribution in [0.3, 0.4) is 0 Å². The molecular formula is C16H16N2O4. The van der Waals surface area contributed by atoms with E-state index in [2.05, 4.69) is 4.90 Å². The second-order valence-electron chi connectivity index (χ2n) is 5.44. The van der Waals surface area contributed by atoms with Crippen molar-refractivity contribution < 1.29 is 14.8 Å². The van der Waals surface area contributed by atoms with Crippen LogP contribution in [0, 0.1) is 10.1 Å². The molecular weight excluding hydrogens is 284 g/mol. The van der Waals surface area contributed by atoms with Gasteiger partial charge in [0.25, 0.3) is 5.69 Å². The first-order chi connectivity index (χ1) is 10.6. The topological polar surface area (TPSA) is 83.7 Å². The molecule has 0 atom stereocenters. The highest BCUT2D eigenvalue weighted by molar-refractivity contribution is 6.11. The maximum absolute atomic E-state index is 11.4. The number of carboxylic acid groups (broad SMARTS) is 1. The zero-order chi connectivity index (χ0) is 15.7. The molecule has 0 aromatic heterocycles. The molecule has 0 aliphatic carbocycles. The number of aromatic carboxylic acids is 1. The van der Waals surface area contributed by atoms with Crippen molar-refractivity contribution in [1.29, 1.82) is 0 Å². The molecule has 0 saturated carbocycles. The Balaban J connectivity index is 2.28. The van der Waals surface area contributed by atoms with Gasteiger partial charge in [0.2, 0.25) is 0 Å². The van der Waals surface area contributed by atoms with Crippen molar-refractivity contribution in [2.45, 2.75) is 19.3 Å². The summed E-state index contributed by atoms with van der Waals surface area (Å²) in [4.78, 5) is 24.4. The van der Waals surface area contributed by atoms with Crippen LogP contribution in [0.2, 0.25) is 0 Å². The second-order valence-corrected chi connectivity index (χ2v) is 5.44. The Kier molecular flexibility index (Phi) is 3.66. The van der Waals surface area contributed by atoms with Gasteiger partial charge in [-0.25, -0.2) is 4.79 Å². The van der Waals surface area contributed by atoms with Crippen LogP contribution in [0.25, 0.3) is 10.8 Å². The molecule has 1 saturated heterocycles. The van der Waals surface area contributed by atoms with Crippen molar-refractivity contribution in [3.63, 3.8) is 0 Å². The van der Waals surface area contributed by atoms with Gasteiger partial charge in [-0.15, -0.1) is 0 Å². The number of non-ortho nitro benzene ring substituents is 1. The third-order valence-electron chi connectivity index (χ3n) is 4.12. The molecule has 0 radical (unpaired) electrons. The Bertz CT molecular complexity index is 731. The lowest BCUT2D eigenvalue weighted by Crippen LogP contribution is -2.29. The standard InChI is InChI=1S/C16H16N2O4/c19-16(20)12-6-4-5-11-13(17-9-2-1-3-10-17)7-8-14(15(11)12)18(21)22/h4-8H,1-3,9-10H2,(H,19,20). The zero-order valence-electron chi connectivity index (χ0n) is 12.0. The smallest absolute Gasteiger partial charge is 0.336 e. The number of rotatable bonds is 3. The van der Waals surface area contributed by atoms with Gasteiger partial charge in [-0.3, -0.25) is 10.1 Å². The lowest BCUT2D eigenvalue weighted by Gasteiger charge is -2.30. The first kappa shape index (κ1) is 14.3. The summed E-state index contributed by atoms with van der Waals surface area (Å²) in [5, 5.41) is 21.5. The van der Waals surface area contributed by atoms with Gasteiger partial charge in [0.05, 0.1) is 15.9 Å². The molecule has 114 valence electrons. The van der Waals surface area contributed by atoms with Gasteiger partial charge in [-0.1, -0.05) is 12.1 Å². The first-order valence-corrected chi connectivity index (χ1v) is 7.28. The summed E-state index contributed by atoms with van der Waals surface area (Å²) < 4.78 is 0. The molecule has 2 aromatic carbocycles. The number of carboxylic acids is 1. The number of nitro groups is 1.